The van der Waals surface area contributed by atoms with Crippen molar-refractivity contribution in [2.45, 2.75) is 6.61 Å². The molecule has 4 aromatic rings. The lowest BCUT2D eigenvalue weighted by Crippen LogP contribution is -2.15. The van der Waals surface area contributed by atoms with Gasteiger partial charge in [0.2, 0.25) is 5.83 Å². The molecule has 38 heavy (non-hydrogen) atoms. The van der Waals surface area contributed by atoms with E-state index in [2.05, 4.69) is 20.6 Å². The van der Waals surface area contributed by atoms with Crippen LogP contribution < -0.4 is 20.1 Å². The molecule has 4 rings (SSSR count). The molecule has 0 saturated carbocycles. The topological polar surface area (TPSA) is 88.6 Å². The van der Waals surface area contributed by atoms with Gasteiger partial charge in [0.1, 0.15) is 36.1 Å². The van der Waals surface area contributed by atoms with Gasteiger partial charge in [-0.1, -0.05) is 23.7 Å². The maximum absolute atomic E-state index is 14.2. The summed E-state index contributed by atoms with van der Waals surface area (Å²) in [5.74, 6) is -1.09. The van der Waals surface area contributed by atoms with Gasteiger partial charge in [0.15, 0.2) is 0 Å². The first-order valence-corrected chi connectivity index (χ1v) is 11.7. The number of benzene rings is 3. The Morgan fingerprint density at radius 3 is 2.63 bits per heavy atom. The summed E-state index contributed by atoms with van der Waals surface area (Å²) < 4.78 is 38.7. The molecular formula is C27H24ClF2N5O3. The van der Waals surface area contributed by atoms with Crippen LogP contribution in [-0.4, -0.2) is 42.0 Å². The molecule has 0 fully saturated rings. The number of methoxy groups -OCH3 is 1. The van der Waals surface area contributed by atoms with Gasteiger partial charge in [-0.05, 0) is 42.0 Å². The zero-order valence-electron chi connectivity index (χ0n) is 20.8. The van der Waals surface area contributed by atoms with Crippen LogP contribution in [0.1, 0.15) is 5.56 Å². The molecule has 0 aliphatic rings. The van der Waals surface area contributed by atoms with E-state index in [0.29, 0.717) is 44.5 Å². The molecule has 0 aliphatic heterocycles. The lowest BCUT2D eigenvalue weighted by Gasteiger charge is -2.14. The lowest BCUT2D eigenvalue weighted by atomic mass is 10.1. The number of nitrogens with zero attached hydrogens (tertiary/aromatic N) is 3. The van der Waals surface area contributed by atoms with Gasteiger partial charge >= 0.3 is 0 Å². The number of hydrogen-bond donors (Lipinski definition) is 2. The molecule has 0 saturated heterocycles. The van der Waals surface area contributed by atoms with E-state index in [4.69, 9.17) is 21.1 Å². The van der Waals surface area contributed by atoms with Crippen LogP contribution >= 0.6 is 11.6 Å². The van der Waals surface area contributed by atoms with Crippen LogP contribution in [0.3, 0.4) is 0 Å². The molecule has 0 unspecified atom stereocenters. The predicted molar refractivity (Wildman–Crippen MR) is 143 cm³/mol. The lowest BCUT2D eigenvalue weighted by molar-refractivity contribution is -0.114. The zero-order valence-corrected chi connectivity index (χ0v) is 21.5. The predicted octanol–water partition coefficient (Wildman–Crippen LogP) is 6.06. The van der Waals surface area contributed by atoms with Crippen molar-refractivity contribution in [1.29, 1.82) is 0 Å². The number of nitrogens with one attached hydrogen (secondary N) is 2. The molecule has 8 nitrogen and oxygen atoms in total. The highest BCUT2D eigenvalue weighted by Gasteiger charge is 2.16. The highest BCUT2D eigenvalue weighted by atomic mass is 35.5. The quantitative estimate of drug-likeness (QED) is 0.250. The molecule has 1 aromatic heterocycles. The Kier molecular flexibility index (Phi) is 8.22. The summed E-state index contributed by atoms with van der Waals surface area (Å²) in [5.41, 5.74) is 2.05. The van der Waals surface area contributed by atoms with Gasteiger partial charge in [0.25, 0.3) is 5.91 Å². The van der Waals surface area contributed by atoms with E-state index in [9.17, 15) is 13.6 Å². The molecule has 1 amide bonds. The van der Waals surface area contributed by atoms with Crippen molar-refractivity contribution < 1.29 is 23.0 Å². The maximum Gasteiger partial charge on any atom is 0.286 e. The molecule has 11 heteroatoms. The molecule has 196 valence electrons. The second-order valence-electron chi connectivity index (χ2n) is 8.38. The van der Waals surface area contributed by atoms with Gasteiger partial charge in [-0.3, -0.25) is 4.79 Å². The fourth-order valence-corrected chi connectivity index (χ4v) is 3.77. The number of fused-ring (bicyclic) bond motifs is 1. The minimum Gasteiger partial charge on any atom is -0.494 e. The Bertz CT molecular complexity index is 1510. The van der Waals surface area contributed by atoms with Crippen molar-refractivity contribution in [2.24, 2.45) is 0 Å². The minimum atomic E-state index is -0.964. The number of carbonyl (C=O) groups is 1. The van der Waals surface area contributed by atoms with Crippen LogP contribution in [-0.2, 0) is 11.4 Å². The highest BCUT2D eigenvalue weighted by molar-refractivity contribution is 6.32. The Labute approximate surface area is 222 Å². The van der Waals surface area contributed by atoms with E-state index in [1.54, 1.807) is 56.6 Å². The average molecular weight is 540 g/mol. The molecule has 0 spiro atoms. The van der Waals surface area contributed by atoms with Crippen molar-refractivity contribution in [1.82, 2.24) is 14.9 Å². The Balaban J connectivity index is 1.57. The first-order chi connectivity index (χ1) is 18.2. The number of halogens is 3. The number of carbonyl (C=O) groups excluding carboxylic acids is 1. The monoisotopic (exact) mass is 539 g/mol. The third-order valence-corrected chi connectivity index (χ3v) is 5.57. The first kappa shape index (κ1) is 26.6. The van der Waals surface area contributed by atoms with Crippen LogP contribution in [0.25, 0.3) is 10.9 Å². The van der Waals surface area contributed by atoms with Crippen molar-refractivity contribution in [2.75, 3.05) is 31.8 Å². The van der Waals surface area contributed by atoms with E-state index in [-0.39, 0.29) is 18.1 Å². The summed E-state index contributed by atoms with van der Waals surface area (Å²) in [6.45, 7) is 0.154. The van der Waals surface area contributed by atoms with Crippen molar-refractivity contribution in [3.8, 4) is 11.5 Å². The van der Waals surface area contributed by atoms with Crippen LogP contribution in [0, 0.1) is 5.82 Å². The normalized spacial score (nSPS) is 11.3. The second-order valence-corrected chi connectivity index (χ2v) is 8.78. The maximum atomic E-state index is 14.2. The Morgan fingerprint density at radius 1 is 1.11 bits per heavy atom. The van der Waals surface area contributed by atoms with Crippen molar-refractivity contribution >= 4 is 45.6 Å². The standard InChI is InChI=1S/C27H24ClF2N5O3/c1-35(2)13-21(30)27(36)34-23-11-19-22(12-25(23)37-3)31-15-32-26(19)33-18-7-8-24(20(28)10-18)38-14-16-5-4-6-17(29)9-16/h4-13,15H,14H2,1-3H3,(H,34,36)(H,31,32,33)/b21-13+. The van der Waals surface area contributed by atoms with E-state index in [1.165, 1.54) is 30.5 Å². The average Bonchev–Trinajstić information content (AvgIpc) is 2.88. The molecule has 0 radical (unpaired) electrons. The van der Waals surface area contributed by atoms with Gasteiger partial charge in [0.05, 0.1) is 23.3 Å². The van der Waals surface area contributed by atoms with Gasteiger partial charge in [0, 0.05) is 37.4 Å². The van der Waals surface area contributed by atoms with E-state index >= 15 is 0 Å². The van der Waals surface area contributed by atoms with Crippen LogP contribution in [0.4, 0.5) is 26.0 Å². The summed E-state index contributed by atoms with van der Waals surface area (Å²) in [6.07, 6.45) is 2.44. The van der Waals surface area contributed by atoms with Crippen LogP contribution in [0.15, 0.2) is 73.0 Å². The molecule has 0 bridgehead atoms. The number of ether oxygens (including phenoxy) is 2. The summed E-state index contributed by atoms with van der Waals surface area (Å²) in [5, 5.41) is 6.58. The van der Waals surface area contributed by atoms with E-state index in [1.807, 2.05) is 0 Å². The second kappa shape index (κ2) is 11.7. The fourth-order valence-electron chi connectivity index (χ4n) is 3.54. The smallest absolute Gasteiger partial charge is 0.286 e. The third kappa shape index (κ3) is 6.46. The number of rotatable bonds is 9. The summed E-state index contributed by atoms with van der Waals surface area (Å²) in [4.78, 5) is 22.3. The molecule has 1 heterocycles. The third-order valence-electron chi connectivity index (χ3n) is 5.27. The van der Waals surface area contributed by atoms with E-state index in [0.717, 1.165) is 6.20 Å². The summed E-state index contributed by atoms with van der Waals surface area (Å²) in [6, 6.07) is 14.4. The Morgan fingerprint density at radius 2 is 1.92 bits per heavy atom. The largest absolute Gasteiger partial charge is 0.494 e. The van der Waals surface area contributed by atoms with Gasteiger partial charge in [-0.25, -0.2) is 14.4 Å². The SMILES string of the molecule is COc1cc2ncnc(Nc3ccc(OCc4cccc(F)c4)c(Cl)c3)c2cc1NC(=O)/C(F)=C\N(C)C. The highest BCUT2D eigenvalue weighted by Crippen LogP contribution is 2.35. The van der Waals surface area contributed by atoms with E-state index < -0.39 is 11.7 Å². The molecule has 3 aromatic carbocycles. The van der Waals surface area contributed by atoms with Crippen molar-refractivity contribution in [3.63, 3.8) is 0 Å². The van der Waals surface area contributed by atoms with Gasteiger partial charge < -0.3 is 25.0 Å². The number of hydrogen-bond acceptors (Lipinski definition) is 7. The van der Waals surface area contributed by atoms with Gasteiger partial charge in [-0.2, -0.15) is 4.39 Å². The van der Waals surface area contributed by atoms with Gasteiger partial charge in [-0.15, -0.1) is 0 Å². The number of amides is 1. The fraction of sp³-hybridized carbons (Fsp3) is 0.148. The molecular weight excluding hydrogens is 516 g/mol. The molecule has 0 atom stereocenters. The van der Waals surface area contributed by atoms with Crippen molar-refractivity contribution in [3.05, 3.63) is 89.4 Å². The number of aromatic nitrogens is 2. The van der Waals surface area contributed by atoms with Crippen LogP contribution in [0.2, 0.25) is 5.02 Å². The minimum absolute atomic E-state index is 0.154. The zero-order chi connectivity index (χ0) is 27.2. The number of anilines is 3. The summed E-state index contributed by atoms with van der Waals surface area (Å²) >= 11 is 6.42. The van der Waals surface area contributed by atoms with Crippen LogP contribution in [0.5, 0.6) is 11.5 Å². The molecule has 2 N–H and O–H groups in total. The Hall–Kier alpha value is -4.44. The summed E-state index contributed by atoms with van der Waals surface area (Å²) in [7, 11) is 4.64. The molecule has 0 aliphatic carbocycles. The first-order valence-electron chi connectivity index (χ1n) is 11.3.